The van der Waals surface area contributed by atoms with Gasteiger partial charge < -0.3 is 10.4 Å². The summed E-state index contributed by atoms with van der Waals surface area (Å²) in [7, 11) is 0. The lowest BCUT2D eigenvalue weighted by molar-refractivity contribution is 0.462. The van der Waals surface area contributed by atoms with E-state index in [1.54, 1.807) is 6.07 Å². The molecule has 2 heteroatoms. The maximum absolute atomic E-state index is 10.0. The van der Waals surface area contributed by atoms with Gasteiger partial charge in [0.25, 0.3) is 0 Å². The highest BCUT2D eigenvalue weighted by molar-refractivity contribution is 5.59. The Balaban J connectivity index is 2.35. The number of phenols is 1. The zero-order chi connectivity index (χ0) is 14.7. The molecule has 2 aromatic rings. The lowest BCUT2D eigenvalue weighted by Crippen LogP contribution is -2.12. The molecule has 0 aliphatic carbocycles. The van der Waals surface area contributed by atoms with Crippen LogP contribution >= 0.6 is 0 Å². The molecular weight excluding hydrogens is 246 g/mol. The van der Waals surface area contributed by atoms with E-state index < -0.39 is 0 Å². The van der Waals surface area contributed by atoms with Gasteiger partial charge in [0, 0.05) is 11.3 Å². The Labute approximate surface area is 121 Å². The third kappa shape index (κ3) is 2.96. The summed E-state index contributed by atoms with van der Waals surface area (Å²) < 4.78 is 0. The van der Waals surface area contributed by atoms with E-state index in [9.17, 15) is 5.11 Å². The van der Waals surface area contributed by atoms with Crippen molar-refractivity contribution in [1.82, 2.24) is 0 Å². The number of rotatable bonds is 4. The third-order valence-electron chi connectivity index (χ3n) is 3.72. The van der Waals surface area contributed by atoms with Crippen molar-refractivity contribution >= 4 is 5.69 Å². The molecule has 20 heavy (non-hydrogen) atoms. The molecule has 2 rings (SSSR count). The molecule has 1 unspecified atom stereocenters. The molecule has 0 amide bonds. The minimum atomic E-state index is 0.122. The Kier molecular flexibility index (Phi) is 4.33. The second-order valence-corrected chi connectivity index (χ2v) is 5.44. The first kappa shape index (κ1) is 14.4. The molecule has 0 spiro atoms. The number of aryl methyl sites for hydroxylation is 3. The number of anilines is 1. The monoisotopic (exact) mass is 269 g/mol. The van der Waals surface area contributed by atoms with Gasteiger partial charge in [-0.2, -0.15) is 0 Å². The molecule has 0 bridgehead atoms. The summed E-state index contributed by atoms with van der Waals surface area (Å²) in [6.45, 7) is 8.49. The first-order chi connectivity index (χ1) is 9.52. The fraction of sp³-hybridized carbons (Fsp3) is 0.333. The minimum Gasteiger partial charge on any atom is -0.508 e. The number of hydrogen-bond acceptors (Lipinski definition) is 2. The van der Waals surface area contributed by atoms with Gasteiger partial charge in [0.15, 0.2) is 0 Å². The Hall–Kier alpha value is -1.96. The van der Waals surface area contributed by atoms with Crippen molar-refractivity contribution < 1.29 is 5.11 Å². The summed E-state index contributed by atoms with van der Waals surface area (Å²) in [6, 6.07) is 12.0. The maximum atomic E-state index is 10.0. The van der Waals surface area contributed by atoms with Crippen molar-refractivity contribution in [2.45, 2.75) is 40.2 Å². The molecule has 0 aliphatic heterocycles. The highest BCUT2D eigenvalue weighted by Crippen LogP contribution is 2.32. The zero-order valence-corrected chi connectivity index (χ0v) is 12.7. The minimum absolute atomic E-state index is 0.122. The van der Waals surface area contributed by atoms with E-state index in [4.69, 9.17) is 0 Å². The molecule has 0 saturated heterocycles. The van der Waals surface area contributed by atoms with Crippen LogP contribution in [0.15, 0.2) is 36.4 Å². The summed E-state index contributed by atoms with van der Waals surface area (Å²) in [4.78, 5) is 0. The van der Waals surface area contributed by atoms with Crippen LogP contribution in [0.3, 0.4) is 0 Å². The number of nitrogens with one attached hydrogen (secondary N) is 1. The maximum Gasteiger partial charge on any atom is 0.120 e. The molecule has 0 radical (unpaired) electrons. The molecular formula is C18H23NO. The predicted molar refractivity (Wildman–Crippen MR) is 85.4 cm³/mol. The van der Waals surface area contributed by atoms with Crippen molar-refractivity contribution in [2.75, 3.05) is 5.32 Å². The van der Waals surface area contributed by atoms with Crippen LogP contribution in [0.1, 0.15) is 41.6 Å². The third-order valence-corrected chi connectivity index (χ3v) is 3.72. The van der Waals surface area contributed by atoms with Crippen molar-refractivity contribution in [2.24, 2.45) is 0 Å². The van der Waals surface area contributed by atoms with E-state index in [2.05, 4.69) is 45.1 Å². The van der Waals surface area contributed by atoms with Gasteiger partial charge in [0.05, 0.1) is 6.04 Å². The lowest BCUT2D eigenvalue weighted by atomic mass is 10.00. The number of hydrogen-bond donors (Lipinski definition) is 2. The predicted octanol–water partition coefficient (Wildman–Crippen LogP) is 4.88. The second-order valence-electron chi connectivity index (χ2n) is 5.44. The van der Waals surface area contributed by atoms with Gasteiger partial charge in [-0.3, -0.25) is 0 Å². The number of benzene rings is 2. The van der Waals surface area contributed by atoms with Gasteiger partial charge in [-0.05, 0) is 44.4 Å². The van der Waals surface area contributed by atoms with Gasteiger partial charge in [-0.1, -0.05) is 42.8 Å². The van der Waals surface area contributed by atoms with E-state index in [0.717, 1.165) is 12.0 Å². The van der Waals surface area contributed by atoms with Crippen LogP contribution in [0.5, 0.6) is 5.75 Å². The molecule has 1 atom stereocenters. The highest BCUT2D eigenvalue weighted by Gasteiger charge is 2.15. The first-order valence-electron chi connectivity index (χ1n) is 7.15. The van der Waals surface area contributed by atoms with Gasteiger partial charge in [-0.15, -0.1) is 0 Å². The topological polar surface area (TPSA) is 32.3 Å². The molecule has 2 N–H and O–H groups in total. The summed E-state index contributed by atoms with van der Waals surface area (Å²) in [6.07, 6.45) is 0.921. The molecule has 2 nitrogen and oxygen atoms in total. The van der Waals surface area contributed by atoms with Crippen molar-refractivity contribution in [3.63, 3.8) is 0 Å². The van der Waals surface area contributed by atoms with Gasteiger partial charge in [0.2, 0.25) is 0 Å². The van der Waals surface area contributed by atoms with Gasteiger partial charge >= 0.3 is 0 Å². The molecule has 0 aromatic heterocycles. The Morgan fingerprint density at radius 1 is 1.05 bits per heavy atom. The van der Waals surface area contributed by atoms with E-state index in [0.29, 0.717) is 5.75 Å². The number of aromatic hydroxyl groups is 1. The summed E-state index contributed by atoms with van der Waals surface area (Å²) in [5, 5.41) is 13.6. The molecule has 106 valence electrons. The summed E-state index contributed by atoms with van der Waals surface area (Å²) in [5.74, 6) is 0.356. The quantitative estimate of drug-likeness (QED) is 0.829. The first-order valence-corrected chi connectivity index (χ1v) is 7.15. The van der Waals surface area contributed by atoms with Crippen LogP contribution in [-0.4, -0.2) is 5.11 Å². The average molecular weight is 269 g/mol. The van der Waals surface area contributed by atoms with E-state index >= 15 is 0 Å². The molecule has 0 heterocycles. The van der Waals surface area contributed by atoms with Crippen molar-refractivity contribution in [3.8, 4) is 5.75 Å². The SMILES string of the molecule is CCC(Nc1c(C)cc(C)cc1C)c1ccccc1O. The van der Waals surface area contributed by atoms with Crippen LogP contribution < -0.4 is 5.32 Å². The van der Waals surface area contributed by atoms with E-state index in [-0.39, 0.29) is 6.04 Å². The van der Waals surface area contributed by atoms with Crippen LogP contribution in [0, 0.1) is 20.8 Å². The summed E-state index contributed by atoms with van der Waals surface area (Å²) in [5.41, 5.74) is 5.90. The number of para-hydroxylation sites is 1. The van der Waals surface area contributed by atoms with Gasteiger partial charge in [0.1, 0.15) is 5.75 Å². The number of phenolic OH excluding ortho intramolecular Hbond substituents is 1. The zero-order valence-electron chi connectivity index (χ0n) is 12.7. The molecule has 0 saturated carbocycles. The van der Waals surface area contributed by atoms with Crippen molar-refractivity contribution in [3.05, 3.63) is 58.7 Å². The Morgan fingerprint density at radius 3 is 2.20 bits per heavy atom. The van der Waals surface area contributed by atoms with E-state index in [1.165, 1.54) is 22.4 Å². The van der Waals surface area contributed by atoms with Crippen LogP contribution in [0.4, 0.5) is 5.69 Å². The van der Waals surface area contributed by atoms with Crippen LogP contribution in [0.2, 0.25) is 0 Å². The molecule has 0 fully saturated rings. The Morgan fingerprint density at radius 2 is 1.65 bits per heavy atom. The highest BCUT2D eigenvalue weighted by atomic mass is 16.3. The fourth-order valence-corrected chi connectivity index (χ4v) is 2.76. The Bertz CT molecular complexity index is 581. The molecule has 0 aliphatic rings. The fourth-order valence-electron chi connectivity index (χ4n) is 2.76. The standard InChI is InChI=1S/C18H23NO/c1-5-16(15-8-6-7-9-17(15)20)19-18-13(3)10-12(2)11-14(18)4/h6-11,16,19-20H,5H2,1-4H3. The average Bonchev–Trinajstić information content (AvgIpc) is 2.39. The van der Waals surface area contributed by atoms with Crippen LogP contribution in [0.25, 0.3) is 0 Å². The summed E-state index contributed by atoms with van der Waals surface area (Å²) >= 11 is 0. The largest absolute Gasteiger partial charge is 0.508 e. The smallest absolute Gasteiger partial charge is 0.120 e. The lowest BCUT2D eigenvalue weighted by Gasteiger charge is -2.23. The molecule has 2 aromatic carbocycles. The van der Waals surface area contributed by atoms with Crippen molar-refractivity contribution in [1.29, 1.82) is 0 Å². The second kappa shape index (κ2) is 6.00. The van der Waals surface area contributed by atoms with E-state index in [1.807, 2.05) is 18.2 Å². The van der Waals surface area contributed by atoms with Gasteiger partial charge in [-0.25, -0.2) is 0 Å². The van der Waals surface area contributed by atoms with Crippen LogP contribution in [-0.2, 0) is 0 Å². The normalized spacial score (nSPS) is 12.2.